The number of hydrogen-bond donors (Lipinski definition) is 2. The van der Waals surface area contributed by atoms with Crippen molar-refractivity contribution in [3.05, 3.63) is 0 Å². The van der Waals surface area contributed by atoms with Gasteiger partial charge >= 0.3 is 0 Å². The average molecular weight is 193 g/mol. The average Bonchev–Trinajstić information content (AvgIpc) is 2.80. The van der Waals surface area contributed by atoms with E-state index in [2.05, 4.69) is 0 Å². The van der Waals surface area contributed by atoms with E-state index in [4.69, 9.17) is 10.8 Å². The zero-order valence-corrected chi connectivity index (χ0v) is 7.97. The van der Waals surface area contributed by atoms with Gasteiger partial charge in [-0.25, -0.2) is 8.42 Å². The SMILES string of the molecule is CCS(=O)(=O)[C@@H]1C[C@@]1(CN)CO. The summed E-state index contributed by atoms with van der Waals surface area (Å²) in [5.41, 5.74) is 4.88. The summed E-state index contributed by atoms with van der Waals surface area (Å²) in [5.74, 6) is 0.138. The molecule has 1 aliphatic carbocycles. The number of aliphatic hydroxyl groups excluding tert-OH is 1. The van der Waals surface area contributed by atoms with E-state index >= 15 is 0 Å². The monoisotopic (exact) mass is 193 g/mol. The van der Waals surface area contributed by atoms with Gasteiger partial charge in [-0.1, -0.05) is 6.92 Å². The standard InChI is InChI=1S/C7H15NO3S/c1-2-12(10,11)6-3-7(6,4-8)5-9/h6,9H,2-5,8H2,1H3/t6-,7-/m1/s1. The van der Waals surface area contributed by atoms with E-state index in [1.54, 1.807) is 6.92 Å². The van der Waals surface area contributed by atoms with Crippen molar-refractivity contribution in [2.24, 2.45) is 11.1 Å². The first kappa shape index (κ1) is 9.95. The van der Waals surface area contributed by atoms with Gasteiger partial charge in [0.2, 0.25) is 0 Å². The maximum absolute atomic E-state index is 11.3. The van der Waals surface area contributed by atoms with Crippen molar-refractivity contribution in [2.75, 3.05) is 18.9 Å². The Morgan fingerprint density at radius 2 is 2.25 bits per heavy atom. The van der Waals surface area contributed by atoms with Gasteiger partial charge in [-0.05, 0) is 6.42 Å². The summed E-state index contributed by atoms with van der Waals surface area (Å²) in [4.78, 5) is 0. The van der Waals surface area contributed by atoms with E-state index in [0.29, 0.717) is 6.42 Å². The summed E-state index contributed by atoms with van der Waals surface area (Å²) in [6, 6.07) is 0. The molecule has 0 aromatic rings. The molecule has 0 bridgehead atoms. The second-order valence-electron chi connectivity index (χ2n) is 3.37. The van der Waals surface area contributed by atoms with Gasteiger partial charge in [0, 0.05) is 17.7 Å². The van der Waals surface area contributed by atoms with Crippen molar-refractivity contribution in [2.45, 2.75) is 18.6 Å². The molecule has 1 rings (SSSR count). The minimum absolute atomic E-state index is 0.118. The molecule has 5 heteroatoms. The Bertz CT molecular complexity index is 256. The van der Waals surface area contributed by atoms with Crippen LogP contribution in [0.3, 0.4) is 0 Å². The van der Waals surface area contributed by atoms with Crippen LogP contribution < -0.4 is 5.73 Å². The van der Waals surface area contributed by atoms with Crippen molar-refractivity contribution < 1.29 is 13.5 Å². The van der Waals surface area contributed by atoms with Gasteiger partial charge < -0.3 is 10.8 Å². The first-order chi connectivity index (χ1) is 5.52. The normalized spacial score (nSPS) is 35.1. The first-order valence-corrected chi connectivity index (χ1v) is 5.76. The first-order valence-electron chi connectivity index (χ1n) is 4.05. The Morgan fingerprint density at radius 3 is 2.50 bits per heavy atom. The lowest BCUT2D eigenvalue weighted by atomic mass is 10.1. The third-order valence-corrected chi connectivity index (χ3v) is 5.01. The van der Waals surface area contributed by atoms with Crippen LogP contribution in [0, 0.1) is 5.41 Å². The zero-order chi connectivity index (χ0) is 9.41. The minimum atomic E-state index is -3.00. The zero-order valence-electron chi connectivity index (χ0n) is 7.16. The van der Waals surface area contributed by atoms with Gasteiger partial charge in [-0.2, -0.15) is 0 Å². The highest BCUT2D eigenvalue weighted by Crippen LogP contribution is 2.49. The predicted molar refractivity (Wildman–Crippen MR) is 46.4 cm³/mol. The Hall–Kier alpha value is -0.130. The van der Waals surface area contributed by atoms with E-state index in [9.17, 15) is 8.42 Å². The maximum Gasteiger partial charge on any atom is 0.153 e. The summed E-state index contributed by atoms with van der Waals surface area (Å²) in [5, 5.41) is 8.54. The number of nitrogens with two attached hydrogens (primary N) is 1. The minimum Gasteiger partial charge on any atom is -0.396 e. The van der Waals surface area contributed by atoms with Crippen molar-refractivity contribution >= 4 is 9.84 Å². The second-order valence-corrected chi connectivity index (χ2v) is 5.84. The molecule has 0 aromatic carbocycles. The quantitative estimate of drug-likeness (QED) is 0.608. The molecular formula is C7H15NO3S. The van der Waals surface area contributed by atoms with Crippen LogP contribution in [0.5, 0.6) is 0 Å². The summed E-state index contributed by atoms with van der Waals surface area (Å²) in [6.07, 6.45) is 0.524. The Labute approximate surface area is 72.7 Å². The molecule has 0 saturated heterocycles. The fourth-order valence-electron chi connectivity index (χ4n) is 1.47. The predicted octanol–water partition coefficient (Wildman–Crippen LogP) is -0.869. The van der Waals surface area contributed by atoms with E-state index < -0.39 is 20.5 Å². The molecule has 0 aromatic heterocycles. The molecule has 0 aliphatic heterocycles. The van der Waals surface area contributed by atoms with Crippen LogP contribution in [0.25, 0.3) is 0 Å². The molecule has 1 saturated carbocycles. The molecule has 0 heterocycles. The molecule has 72 valence electrons. The topological polar surface area (TPSA) is 80.4 Å². The highest BCUT2D eigenvalue weighted by Gasteiger charge is 2.59. The number of sulfone groups is 1. The van der Waals surface area contributed by atoms with Gasteiger partial charge in [0.25, 0.3) is 0 Å². The van der Waals surface area contributed by atoms with E-state index in [1.165, 1.54) is 0 Å². The molecule has 0 radical (unpaired) electrons. The molecule has 0 unspecified atom stereocenters. The largest absolute Gasteiger partial charge is 0.396 e. The Kier molecular flexibility index (Phi) is 2.47. The van der Waals surface area contributed by atoms with Crippen LogP contribution in [-0.4, -0.2) is 37.7 Å². The lowest BCUT2D eigenvalue weighted by molar-refractivity contribution is 0.217. The van der Waals surface area contributed by atoms with Gasteiger partial charge in [-0.3, -0.25) is 0 Å². The summed E-state index contributed by atoms with van der Waals surface area (Å²) in [7, 11) is -3.00. The maximum atomic E-state index is 11.3. The fourth-order valence-corrected chi connectivity index (χ4v) is 3.39. The summed E-state index contributed by atoms with van der Waals surface area (Å²) >= 11 is 0. The molecule has 1 fully saturated rings. The molecule has 1 aliphatic rings. The molecule has 3 N–H and O–H groups in total. The Balaban J connectivity index is 2.74. The van der Waals surface area contributed by atoms with Crippen LogP contribution in [0.15, 0.2) is 0 Å². The van der Waals surface area contributed by atoms with Crippen LogP contribution in [0.1, 0.15) is 13.3 Å². The fraction of sp³-hybridized carbons (Fsp3) is 1.00. The highest BCUT2D eigenvalue weighted by molar-refractivity contribution is 7.92. The van der Waals surface area contributed by atoms with E-state index in [1.807, 2.05) is 0 Å². The number of hydrogen-bond acceptors (Lipinski definition) is 4. The van der Waals surface area contributed by atoms with E-state index in [0.717, 1.165) is 0 Å². The van der Waals surface area contributed by atoms with Crippen LogP contribution in [0.4, 0.5) is 0 Å². The smallest absolute Gasteiger partial charge is 0.153 e. The molecule has 0 amide bonds. The second kappa shape index (κ2) is 2.97. The summed E-state index contributed by atoms with van der Waals surface area (Å²) in [6.45, 7) is 1.76. The molecule has 0 spiro atoms. The summed E-state index contributed by atoms with van der Waals surface area (Å²) < 4.78 is 22.7. The molecule has 12 heavy (non-hydrogen) atoms. The van der Waals surface area contributed by atoms with Crippen molar-refractivity contribution in [1.82, 2.24) is 0 Å². The van der Waals surface area contributed by atoms with Crippen molar-refractivity contribution in [3.63, 3.8) is 0 Å². The highest BCUT2D eigenvalue weighted by atomic mass is 32.2. The van der Waals surface area contributed by atoms with Gasteiger partial charge in [0.1, 0.15) is 0 Å². The van der Waals surface area contributed by atoms with Gasteiger partial charge in [-0.15, -0.1) is 0 Å². The van der Waals surface area contributed by atoms with Crippen LogP contribution in [0.2, 0.25) is 0 Å². The van der Waals surface area contributed by atoms with Crippen LogP contribution >= 0.6 is 0 Å². The van der Waals surface area contributed by atoms with Gasteiger partial charge in [0.15, 0.2) is 9.84 Å². The third kappa shape index (κ3) is 1.36. The molecule has 4 nitrogen and oxygen atoms in total. The Morgan fingerprint density at radius 1 is 1.67 bits per heavy atom. The lowest BCUT2D eigenvalue weighted by Crippen LogP contribution is -2.27. The van der Waals surface area contributed by atoms with E-state index in [-0.39, 0.29) is 18.9 Å². The third-order valence-electron chi connectivity index (χ3n) is 2.67. The number of aliphatic hydroxyl groups is 1. The lowest BCUT2D eigenvalue weighted by Gasteiger charge is -2.09. The van der Waals surface area contributed by atoms with Crippen molar-refractivity contribution in [1.29, 1.82) is 0 Å². The number of rotatable bonds is 4. The molecule has 2 atom stereocenters. The molecular weight excluding hydrogens is 178 g/mol. The van der Waals surface area contributed by atoms with Crippen molar-refractivity contribution in [3.8, 4) is 0 Å². The van der Waals surface area contributed by atoms with Gasteiger partial charge in [0.05, 0.1) is 11.9 Å². The van der Waals surface area contributed by atoms with Crippen LogP contribution in [-0.2, 0) is 9.84 Å².